The second kappa shape index (κ2) is 8.01. The van der Waals surface area contributed by atoms with Crippen LogP contribution in [0.2, 0.25) is 0 Å². The van der Waals surface area contributed by atoms with Crippen LogP contribution in [0.5, 0.6) is 5.88 Å². The van der Waals surface area contributed by atoms with Crippen molar-refractivity contribution < 1.29 is 4.74 Å². The number of aryl methyl sites for hydroxylation is 1. The van der Waals surface area contributed by atoms with Crippen molar-refractivity contribution in [1.82, 2.24) is 29.4 Å². The van der Waals surface area contributed by atoms with Gasteiger partial charge in [0.2, 0.25) is 17.4 Å². The van der Waals surface area contributed by atoms with E-state index in [4.69, 9.17) is 14.7 Å². The Morgan fingerprint density at radius 3 is 2.81 bits per heavy atom. The summed E-state index contributed by atoms with van der Waals surface area (Å²) in [7, 11) is 5.42. The van der Waals surface area contributed by atoms with Gasteiger partial charge in [-0.3, -0.25) is 9.78 Å². The number of hydrogen-bond donors (Lipinski definition) is 1. The molecule has 0 fully saturated rings. The lowest BCUT2D eigenvalue weighted by atomic mass is 10.1. The van der Waals surface area contributed by atoms with Gasteiger partial charge >= 0.3 is 0 Å². The Hall–Kier alpha value is -3.85. The number of anilines is 2. The minimum Gasteiger partial charge on any atom is -0.480 e. The Morgan fingerprint density at radius 2 is 2.00 bits per heavy atom. The predicted molar refractivity (Wildman–Crippen MR) is 122 cm³/mol. The van der Waals surface area contributed by atoms with Crippen LogP contribution < -0.4 is 15.6 Å². The van der Waals surface area contributed by atoms with Crippen LogP contribution >= 0.6 is 0 Å². The van der Waals surface area contributed by atoms with Crippen molar-refractivity contribution in [3.63, 3.8) is 0 Å². The van der Waals surface area contributed by atoms with E-state index in [0.29, 0.717) is 28.7 Å². The molecule has 1 aliphatic heterocycles. The second-order valence-electron chi connectivity index (χ2n) is 7.92. The van der Waals surface area contributed by atoms with Gasteiger partial charge in [-0.15, -0.1) is 0 Å². The summed E-state index contributed by atoms with van der Waals surface area (Å²) >= 11 is 0. The lowest BCUT2D eigenvalue weighted by Crippen LogP contribution is -2.27. The molecule has 0 aromatic carbocycles. The Labute approximate surface area is 184 Å². The number of ether oxygens (including phenoxy) is 1. The topological polar surface area (TPSA) is 98.1 Å². The molecule has 0 aliphatic carbocycles. The number of rotatable bonds is 4. The highest BCUT2D eigenvalue weighted by atomic mass is 16.5. The van der Waals surface area contributed by atoms with Crippen LogP contribution in [0.15, 0.2) is 47.7 Å². The highest BCUT2D eigenvalue weighted by Gasteiger charge is 2.19. The van der Waals surface area contributed by atoms with Crippen molar-refractivity contribution in [2.45, 2.75) is 13.0 Å². The van der Waals surface area contributed by atoms with E-state index in [1.165, 1.54) is 10.6 Å². The minimum absolute atomic E-state index is 0.0800. The van der Waals surface area contributed by atoms with Gasteiger partial charge in [0.25, 0.3) is 0 Å². The first-order chi connectivity index (χ1) is 15.5. The maximum Gasteiger partial charge on any atom is 0.250 e. The number of fused-ring (bicyclic) bond motifs is 2. The fourth-order valence-corrected chi connectivity index (χ4v) is 3.92. The molecule has 162 valence electrons. The summed E-state index contributed by atoms with van der Waals surface area (Å²) in [4.78, 5) is 32.5. The molecule has 1 N–H and O–H groups in total. The molecular formula is C23H23N7O2. The first kappa shape index (κ1) is 20.1. The van der Waals surface area contributed by atoms with Crippen molar-refractivity contribution in [2.24, 2.45) is 7.05 Å². The molecule has 0 saturated carbocycles. The van der Waals surface area contributed by atoms with Gasteiger partial charge in [0.05, 0.1) is 18.5 Å². The Kier molecular flexibility index (Phi) is 5.02. The van der Waals surface area contributed by atoms with Crippen LogP contribution in [0.4, 0.5) is 11.6 Å². The van der Waals surface area contributed by atoms with Crippen LogP contribution in [0.25, 0.3) is 22.2 Å². The third-order valence-corrected chi connectivity index (χ3v) is 5.62. The molecule has 0 saturated heterocycles. The number of likely N-dealkylation sites (N-methyl/N-ethyl adjacent to an activating group) is 1. The van der Waals surface area contributed by atoms with Crippen molar-refractivity contribution in [3.05, 3.63) is 64.5 Å². The zero-order valence-corrected chi connectivity index (χ0v) is 18.2. The first-order valence-corrected chi connectivity index (χ1v) is 10.3. The van der Waals surface area contributed by atoms with Crippen LogP contribution in [0, 0.1) is 0 Å². The van der Waals surface area contributed by atoms with Crippen molar-refractivity contribution in [3.8, 4) is 17.1 Å². The first-order valence-electron chi connectivity index (χ1n) is 10.3. The third-order valence-electron chi connectivity index (χ3n) is 5.62. The number of nitrogens with one attached hydrogen (secondary N) is 1. The molecule has 0 atom stereocenters. The van der Waals surface area contributed by atoms with Gasteiger partial charge in [-0.2, -0.15) is 0 Å². The van der Waals surface area contributed by atoms with Crippen LogP contribution in [0.1, 0.15) is 11.3 Å². The number of hydrogen-bond acceptors (Lipinski definition) is 8. The standard InChI is InChI=1S/C23H23N7O2/c1-29-9-7-17-16(12-29)10-18(22(26-17)32-3)27-23-25-11-14-6-8-24-20(21(14)28-23)15-4-5-19(31)30(2)13-15/h4-6,8,10-11,13H,7,9,12H2,1-3H3,(H,25,27,28). The monoisotopic (exact) mass is 429 g/mol. The van der Waals surface area contributed by atoms with E-state index in [1.54, 1.807) is 38.8 Å². The Morgan fingerprint density at radius 1 is 1.12 bits per heavy atom. The quantitative estimate of drug-likeness (QED) is 0.529. The van der Waals surface area contributed by atoms with E-state index in [2.05, 4.69) is 33.3 Å². The molecule has 0 spiro atoms. The van der Waals surface area contributed by atoms with E-state index in [-0.39, 0.29) is 5.56 Å². The van der Waals surface area contributed by atoms with Crippen LogP contribution in [-0.2, 0) is 20.0 Å². The van der Waals surface area contributed by atoms with E-state index >= 15 is 0 Å². The SMILES string of the molecule is COc1nc2c(cc1Nc1ncc3ccnc(-c4ccc(=O)n(C)c4)c3n1)CN(C)CC2. The third kappa shape index (κ3) is 3.67. The van der Waals surface area contributed by atoms with E-state index in [1.807, 2.05) is 6.07 Å². The molecule has 1 aliphatic rings. The maximum absolute atomic E-state index is 11.8. The summed E-state index contributed by atoms with van der Waals surface area (Å²) in [6.07, 6.45) is 6.12. The smallest absolute Gasteiger partial charge is 0.250 e. The average molecular weight is 429 g/mol. The average Bonchev–Trinajstić information content (AvgIpc) is 2.80. The van der Waals surface area contributed by atoms with E-state index in [0.717, 1.165) is 41.7 Å². The van der Waals surface area contributed by atoms with Gasteiger partial charge < -0.3 is 19.5 Å². The zero-order valence-electron chi connectivity index (χ0n) is 18.2. The van der Waals surface area contributed by atoms with Crippen LogP contribution in [-0.4, -0.2) is 50.1 Å². The molecule has 5 rings (SSSR count). The number of aromatic nitrogens is 5. The number of nitrogens with zero attached hydrogens (tertiary/aromatic N) is 6. The molecule has 4 aromatic heterocycles. The largest absolute Gasteiger partial charge is 0.480 e. The molecule has 0 amide bonds. The summed E-state index contributed by atoms with van der Waals surface area (Å²) in [6, 6.07) is 7.20. The normalized spacial score (nSPS) is 13.7. The van der Waals surface area contributed by atoms with Gasteiger partial charge in [-0.1, -0.05) is 0 Å². The lowest BCUT2D eigenvalue weighted by molar-refractivity contribution is 0.307. The van der Waals surface area contributed by atoms with Gasteiger partial charge in [0.15, 0.2) is 0 Å². The predicted octanol–water partition coefficient (Wildman–Crippen LogP) is 2.53. The molecule has 0 bridgehead atoms. The molecule has 9 heteroatoms. The van der Waals surface area contributed by atoms with Crippen molar-refractivity contribution in [1.29, 1.82) is 0 Å². The number of methoxy groups -OCH3 is 1. The van der Waals surface area contributed by atoms with E-state index in [9.17, 15) is 4.79 Å². The molecule has 0 unspecified atom stereocenters. The minimum atomic E-state index is -0.0800. The second-order valence-corrected chi connectivity index (χ2v) is 7.92. The van der Waals surface area contributed by atoms with Gasteiger partial charge in [0.1, 0.15) is 11.2 Å². The van der Waals surface area contributed by atoms with Crippen molar-refractivity contribution in [2.75, 3.05) is 26.0 Å². The molecular weight excluding hydrogens is 406 g/mol. The van der Waals surface area contributed by atoms with Gasteiger partial charge in [-0.25, -0.2) is 15.0 Å². The number of pyridine rings is 3. The summed E-state index contributed by atoms with van der Waals surface area (Å²) in [5.41, 5.74) is 5.03. The highest BCUT2D eigenvalue weighted by Crippen LogP contribution is 2.31. The summed E-state index contributed by atoms with van der Waals surface area (Å²) in [5.74, 6) is 0.933. The summed E-state index contributed by atoms with van der Waals surface area (Å²) < 4.78 is 7.05. The van der Waals surface area contributed by atoms with E-state index < -0.39 is 0 Å². The van der Waals surface area contributed by atoms with Crippen LogP contribution in [0.3, 0.4) is 0 Å². The Bertz CT molecular complexity index is 1380. The lowest BCUT2D eigenvalue weighted by Gasteiger charge is -2.25. The fraction of sp³-hybridized carbons (Fsp3) is 0.261. The molecule has 4 aromatic rings. The molecule has 32 heavy (non-hydrogen) atoms. The van der Waals surface area contributed by atoms with Gasteiger partial charge in [-0.05, 0) is 30.8 Å². The molecule has 9 nitrogen and oxygen atoms in total. The maximum atomic E-state index is 11.8. The molecule has 0 radical (unpaired) electrons. The fourth-order valence-electron chi connectivity index (χ4n) is 3.92. The Balaban J connectivity index is 1.57. The van der Waals surface area contributed by atoms with Crippen molar-refractivity contribution >= 4 is 22.5 Å². The highest BCUT2D eigenvalue weighted by molar-refractivity contribution is 5.91. The molecule has 5 heterocycles. The van der Waals surface area contributed by atoms with Gasteiger partial charge in [0, 0.05) is 62.2 Å². The zero-order chi connectivity index (χ0) is 22.2. The summed E-state index contributed by atoms with van der Waals surface area (Å²) in [5, 5.41) is 4.12. The summed E-state index contributed by atoms with van der Waals surface area (Å²) in [6.45, 7) is 1.81.